The number of carboxylic acids is 1. The molecule has 0 unspecified atom stereocenters. The number of aliphatic carboxylic acids is 1. The number of carbonyl (C=O) groups is 16. The second-order valence-electron chi connectivity index (χ2n) is 31.3. The first-order valence-corrected chi connectivity index (χ1v) is 35.8. The Hall–Kier alpha value is -8.48. The number of nitrogens with zero attached hydrogens (tertiary/aromatic N) is 3. The molecule has 0 spiro atoms. The van der Waals surface area contributed by atoms with Gasteiger partial charge in [0.25, 0.3) is 0 Å². The van der Waals surface area contributed by atoms with Crippen LogP contribution in [0.5, 0.6) is 0 Å². The molecule has 3 aliphatic rings. The summed E-state index contributed by atoms with van der Waals surface area (Å²) in [6.07, 6.45) is 2.06. The molecule has 0 saturated carbocycles. The van der Waals surface area contributed by atoms with E-state index in [2.05, 4.69) is 58.5 Å². The summed E-state index contributed by atoms with van der Waals surface area (Å²) in [7, 11) is 0. The van der Waals surface area contributed by atoms with Gasteiger partial charge in [-0.3, -0.25) is 71.9 Å². The Morgan fingerprint density at radius 1 is 0.441 bits per heavy atom. The van der Waals surface area contributed by atoms with Crippen LogP contribution >= 0.6 is 0 Å². The molecule has 0 aromatic heterocycles. The van der Waals surface area contributed by atoms with E-state index in [0.717, 1.165) is 0 Å². The summed E-state index contributed by atoms with van der Waals surface area (Å²) in [5.74, 6) is -12.7. The number of likely N-dealkylation sites (tertiary alicyclic amines) is 3. The molecule has 576 valence electrons. The van der Waals surface area contributed by atoms with Crippen molar-refractivity contribution in [2.45, 2.75) is 304 Å². The van der Waals surface area contributed by atoms with E-state index in [-0.39, 0.29) is 95.2 Å². The average molecular weight is 1440 g/mol. The van der Waals surface area contributed by atoms with E-state index in [4.69, 9.17) is 5.73 Å². The first-order chi connectivity index (χ1) is 47.0. The molecule has 32 nitrogen and oxygen atoms in total. The number of carbonyl (C=O) groups excluding carboxylic acids is 15. The fourth-order valence-corrected chi connectivity index (χ4v) is 12.6. The summed E-state index contributed by atoms with van der Waals surface area (Å²) in [4.78, 5) is 223. The number of nitrogens with two attached hydrogens (primary N) is 1. The summed E-state index contributed by atoms with van der Waals surface area (Å²) < 4.78 is 0. The highest BCUT2D eigenvalue weighted by Gasteiger charge is 2.49. The minimum Gasteiger partial charge on any atom is -0.480 e. The van der Waals surface area contributed by atoms with Gasteiger partial charge in [-0.25, -0.2) is 4.79 Å². The lowest BCUT2D eigenvalue weighted by atomic mass is 9.94. The van der Waals surface area contributed by atoms with Crippen LogP contribution in [0.15, 0.2) is 0 Å². The minimum absolute atomic E-state index is 0.0276. The molecule has 3 heterocycles. The zero-order valence-corrected chi connectivity index (χ0v) is 63.7. The van der Waals surface area contributed by atoms with E-state index >= 15 is 0 Å². The van der Waals surface area contributed by atoms with Crippen molar-refractivity contribution in [1.29, 1.82) is 0 Å². The fraction of sp³-hybridized carbons (Fsp3) is 0.771. The molecular weight excluding hydrogens is 1320 g/mol. The van der Waals surface area contributed by atoms with E-state index in [1.165, 1.54) is 90.9 Å². The molecular formula is C70H119N15O17. The Kier molecular flexibility index (Phi) is 31.9. The van der Waals surface area contributed by atoms with Crippen molar-refractivity contribution in [3.05, 3.63) is 0 Å². The van der Waals surface area contributed by atoms with E-state index in [1.54, 1.807) is 34.6 Å². The van der Waals surface area contributed by atoms with Crippen LogP contribution in [0.3, 0.4) is 0 Å². The van der Waals surface area contributed by atoms with Gasteiger partial charge in [0.05, 0.1) is 0 Å². The van der Waals surface area contributed by atoms with Gasteiger partial charge in [0.15, 0.2) is 0 Å². The minimum atomic E-state index is -1.69. The van der Waals surface area contributed by atoms with Gasteiger partial charge >= 0.3 is 5.97 Å². The number of rotatable bonds is 37. The van der Waals surface area contributed by atoms with E-state index in [0.29, 0.717) is 25.7 Å². The molecule has 3 aliphatic heterocycles. The summed E-state index contributed by atoms with van der Waals surface area (Å²) in [5, 5.41) is 39.2. The largest absolute Gasteiger partial charge is 0.480 e. The summed E-state index contributed by atoms with van der Waals surface area (Å²) in [6, 6.07) is -10.7. The molecule has 3 rings (SSSR count). The topological polar surface area (TPSA) is 461 Å². The third-order valence-corrected chi connectivity index (χ3v) is 18.9. The summed E-state index contributed by atoms with van der Waals surface area (Å²) in [5.41, 5.74) is -2.72. The van der Waals surface area contributed by atoms with Crippen LogP contribution in [0.2, 0.25) is 0 Å². The van der Waals surface area contributed by atoms with Crippen molar-refractivity contribution >= 4 is 94.6 Å². The maximum atomic E-state index is 14.6. The standard InChI is InChI=1S/C70H119N15O17/c1-21-40(9)51(77-52(88)41(10)72-56(92)47-26-23-31-83(47)63(100)67(14,15)79-54(90)44(34-37(3)4)73-53(89)43(29-30-50(71)87)75-61(98)66(12,13)78-42(11)86)59(95)81-69(18,19)65(102)85-33-25-28-49(85)58(94)82-70(20,22-2)62(99)76-45(35-38(5)6)55(91)80-68(16,17)64(101)84-32-24-27-48(84)57(93)74-46(60(96)97)36-39(7)8/h37-41,43-49,51H,21-36H2,1-20H3,(H2,71,87)(H,72,92)(H,73,89)(H,74,93)(H,75,98)(H,76,99)(H,77,88)(H,78,86)(H,79,90)(H,80,91)(H,81,95)(H,82,94)(H,96,97)/t40-,41-,43-,44-,45-,46-,47-,48-,49-,51-,70-/m0/s1. The van der Waals surface area contributed by atoms with E-state index < -0.39 is 183 Å². The number of primary amides is 1. The highest BCUT2D eigenvalue weighted by molar-refractivity contribution is 6.02. The van der Waals surface area contributed by atoms with Crippen molar-refractivity contribution in [2.75, 3.05) is 19.6 Å². The second-order valence-corrected chi connectivity index (χ2v) is 31.3. The highest BCUT2D eigenvalue weighted by Crippen LogP contribution is 2.27. The molecule has 3 fully saturated rings. The Morgan fingerprint density at radius 3 is 1.23 bits per heavy atom. The number of nitrogens with one attached hydrogen (secondary N) is 11. The van der Waals surface area contributed by atoms with Gasteiger partial charge in [0, 0.05) is 33.0 Å². The normalized spacial score (nSPS) is 19.1. The van der Waals surface area contributed by atoms with E-state index in [1.807, 2.05) is 27.7 Å². The number of amides is 15. The van der Waals surface area contributed by atoms with Gasteiger partial charge in [-0.2, -0.15) is 0 Å². The molecule has 3 saturated heterocycles. The van der Waals surface area contributed by atoms with Crippen LogP contribution < -0.4 is 64.2 Å². The van der Waals surface area contributed by atoms with Gasteiger partial charge in [-0.05, 0) is 164 Å². The fourth-order valence-electron chi connectivity index (χ4n) is 12.6. The van der Waals surface area contributed by atoms with Crippen LogP contribution in [0.4, 0.5) is 0 Å². The maximum absolute atomic E-state index is 14.6. The van der Waals surface area contributed by atoms with Crippen LogP contribution in [0, 0.1) is 23.7 Å². The highest BCUT2D eigenvalue weighted by atomic mass is 16.4. The lowest BCUT2D eigenvalue weighted by molar-refractivity contribution is -0.147. The maximum Gasteiger partial charge on any atom is 0.326 e. The van der Waals surface area contributed by atoms with Crippen molar-refractivity contribution in [1.82, 2.24) is 73.2 Å². The molecule has 102 heavy (non-hydrogen) atoms. The molecule has 15 amide bonds. The average Bonchev–Trinajstić information content (AvgIpc) is 1.61. The predicted octanol–water partition coefficient (Wildman–Crippen LogP) is 0.307. The van der Waals surface area contributed by atoms with Gasteiger partial charge in [-0.15, -0.1) is 0 Å². The molecule has 0 aliphatic carbocycles. The Labute approximate surface area is 600 Å². The third-order valence-electron chi connectivity index (χ3n) is 18.9. The van der Waals surface area contributed by atoms with Gasteiger partial charge < -0.3 is 84.0 Å². The number of carboxylic acid groups (broad SMARTS) is 1. The Balaban J connectivity index is 1.72. The third kappa shape index (κ3) is 24.6. The summed E-state index contributed by atoms with van der Waals surface area (Å²) in [6.45, 7) is 32.0. The quantitative estimate of drug-likeness (QED) is 0.0398. The lowest BCUT2D eigenvalue weighted by Crippen LogP contribution is -2.66. The van der Waals surface area contributed by atoms with Gasteiger partial charge in [0.1, 0.15) is 82.1 Å². The predicted molar refractivity (Wildman–Crippen MR) is 377 cm³/mol. The summed E-state index contributed by atoms with van der Waals surface area (Å²) >= 11 is 0. The smallest absolute Gasteiger partial charge is 0.326 e. The zero-order valence-electron chi connectivity index (χ0n) is 63.7. The zero-order chi connectivity index (χ0) is 78.1. The van der Waals surface area contributed by atoms with Crippen molar-refractivity contribution in [2.24, 2.45) is 29.4 Å². The van der Waals surface area contributed by atoms with Crippen LogP contribution in [0.1, 0.15) is 222 Å². The monoisotopic (exact) mass is 1440 g/mol. The molecule has 0 aromatic carbocycles. The molecule has 14 N–H and O–H groups in total. The Morgan fingerprint density at radius 2 is 0.833 bits per heavy atom. The van der Waals surface area contributed by atoms with Gasteiger partial charge in [0.2, 0.25) is 88.6 Å². The lowest BCUT2D eigenvalue weighted by Gasteiger charge is -2.37. The van der Waals surface area contributed by atoms with E-state index in [9.17, 15) is 81.8 Å². The van der Waals surface area contributed by atoms with Crippen molar-refractivity contribution in [3.63, 3.8) is 0 Å². The SMILES string of the molecule is CC[C@H](C)[C@H](NC(=O)[C@H](C)NC(=O)[C@@H]1CCCN1C(=O)C(C)(C)NC(=O)[C@H](CC(C)C)NC(=O)[C@H](CCC(N)=O)NC(=O)C(C)(C)NC(C)=O)C(=O)NC(C)(C)C(=O)N1CCC[C@H]1C(=O)N[C@@](C)(CC)C(=O)N[C@@H](CC(C)C)C(=O)NC(C)(C)C(=O)N1CCC[C@H]1C(=O)N[C@@H](CC(C)C)C(=O)O. The Bertz CT molecular complexity index is 3110. The van der Waals surface area contributed by atoms with Gasteiger partial charge in [-0.1, -0.05) is 68.7 Å². The first kappa shape index (κ1) is 87.7. The number of hydrogen-bond donors (Lipinski definition) is 13. The molecule has 32 heteroatoms. The van der Waals surface area contributed by atoms with Crippen molar-refractivity contribution < 1.29 is 81.8 Å². The molecule has 0 aromatic rings. The number of hydrogen-bond acceptors (Lipinski definition) is 16. The van der Waals surface area contributed by atoms with Crippen molar-refractivity contribution in [3.8, 4) is 0 Å². The first-order valence-electron chi connectivity index (χ1n) is 35.8. The molecule has 11 atom stereocenters. The molecule has 0 radical (unpaired) electrons. The van der Waals surface area contributed by atoms with Crippen LogP contribution in [-0.4, -0.2) is 216 Å². The second kappa shape index (κ2) is 37.1. The molecule has 0 bridgehead atoms. The van der Waals surface area contributed by atoms with Crippen LogP contribution in [-0.2, 0) is 76.7 Å². The van der Waals surface area contributed by atoms with Crippen LogP contribution in [0.25, 0.3) is 0 Å².